The van der Waals surface area contributed by atoms with Crippen molar-refractivity contribution in [3.63, 3.8) is 0 Å². The fourth-order valence-electron chi connectivity index (χ4n) is 4.54. The van der Waals surface area contributed by atoms with Crippen LogP contribution in [0.3, 0.4) is 0 Å². The Morgan fingerprint density at radius 1 is 0.944 bits per heavy atom. The maximum atomic E-state index is 6.49. The summed E-state index contributed by atoms with van der Waals surface area (Å²) in [6.45, 7) is 0. The van der Waals surface area contributed by atoms with Gasteiger partial charge in [-0.1, -0.05) is 32.1 Å². The minimum absolute atomic E-state index is 0.305. The van der Waals surface area contributed by atoms with Gasteiger partial charge in [-0.25, -0.2) is 0 Å². The van der Waals surface area contributed by atoms with Crippen LogP contribution in [0.15, 0.2) is 0 Å². The molecule has 0 amide bonds. The van der Waals surface area contributed by atoms with Gasteiger partial charge in [0.2, 0.25) is 0 Å². The number of nitrogens with two attached hydrogens (primary N) is 1. The molecule has 3 atom stereocenters. The molecule has 0 aromatic heterocycles. The molecule has 104 valence electrons. The van der Waals surface area contributed by atoms with E-state index in [0.717, 1.165) is 5.92 Å². The summed E-state index contributed by atoms with van der Waals surface area (Å²) in [5, 5.41) is 0. The quantitative estimate of drug-likeness (QED) is 0.810. The van der Waals surface area contributed by atoms with Crippen LogP contribution in [0.5, 0.6) is 0 Å². The summed E-state index contributed by atoms with van der Waals surface area (Å²) in [4.78, 5) is 0. The molecule has 3 fully saturated rings. The van der Waals surface area contributed by atoms with Crippen molar-refractivity contribution in [2.45, 2.75) is 94.8 Å². The van der Waals surface area contributed by atoms with E-state index in [1.807, 2.05) is 0 Å². The average molecular weight is 251 g/mol. The van der Waals surface area contributed by atoms with Gasteiger partial charge in [-0.3, -0.25) is 0 Å². The van der Waals surface area contributed by atoms with E-state index in [1.54, 1.807) is 0 Å². The molecule has 18 heavy (non-hydrogen) atoms. The van der Waals surface area contributed by atoms with E-state index in [4.69, 9.17) is 10.5 Å². The molecule has 0 aromatic rings. The molecule has 3 aliphatic rings. The van der Waals surface area contributed by atoms with Crippen LogP contribution in [0.4, 0.5) is 0 Å². The van der Waals surface area contributed by atoms with E-state index in [1.165, 1.54) is 77.0 Å². The largest absolute Gasteiger partial charge is 0.372 e. The lowest BCUT2D eigenvalue weighted by Gasteiger charge is -2.34. The van der Waals surface area contributed by atoms with Crippen molar-refractivity contribution in [2.75, 3.05) is 0 Å². The standard InChI is InChI=1S/C16H29NO/c17-14-6-4-5-13(11-14)12-15-7-10-16(18-15)8-2-1-3-9-16/h13-15H,1-12,17H2. The van der Waals surface area contributed by atoms with Crippen molar-refractivity contribution < 1.29 is 4.74 Å². The Morgan fingerprint density at radius 3 is 2.56 bits per heavy atom. The van der Waals surface area contributed by atoms with Gasteiger partial charge < -0.3 is 10.5 Å². The van der Waals surface area contributed by atoms with Crippen molar-refractivity contribution >= 4 is 0 Å². The third kappa shape index (κ3) is 2.91. The lowest BCUT2D eigenvalue weighted by molar-refractivity contribution is -0.0711. The van der Waals surface area contributed by atoms with Crippen molar-refractivity contribution in [1.29, 1.82) is 0 Å². The first-order valence-electron chi connectivity index (χ1n) is 8.19. The van der Waals surface area contributed by atoms with Gasteiger partial charge in [0.25, 0.3) is 0 Å². The molecular weight excluding hydrogens is 222 g/mol. The maximum absolute atomic E-state index is 6.49. The second-order valence-corrected chi connectivity index (χ2v) is 7.05. The first-order valence-corrected chi connectivity index (χ1v) is 8.19. The van der Waals surface area contributed by atoms with Crippen LogP contribution < -0.4 is 5.73 Å². The summed E-state index contributed by atoms with van der Waals surface area (Å²) in [5.41, 5.74) is 6.40. The predicted octanol–water partition coefficient (Wildman–Crippen LogP) is 3.78. The Kier molecular flexibility index (Phi) is 3.95. The van der Waals surface area contributed by atoms with E-state index in [2.05, 4.69) is 0 Å². The van der Waals surface area contributed by atoms with Crippen molar-refractivity contribution in [1.82, 2.24) is 0 Å². The molecule has 2 aliphatic carbocycles. The molecule has 0 aromatic carbocycles. The second-order valence-electron chi connectivity index (χ2n) is 7.05. The third-order valence-corrected chi connectivity index (χ3v) is 5.52. The van der Waals surface area contributed by atoms with Gasteiger partial charge in [-0.2, -0.15) is 0 Å². The molecular formula is C16H29NO. The van der Waals surface area contributed by atoms with Crippen LogP contribution in [-0.2, 0) is 4.74 Å². The molecule has 1 aliphatic heterocycles. The molecule has 3 unspecified atom stereocenters. The van der Waals surface area contributed by atoms with Gasteiger partial charge in [-0.15, -0.1) is 0 Å². The zero-order valence-corrected chi connectivity index (χ0v) is 11.7. The fraction of sp³-hybridized carbons (Fsp3) is 1.00. The highest BCUT2D eigenvalue weighted by molar-refractivity contribution is 4.92. The first kappa shape index (κ1) is 12.9. The highest BCUT2D eigenvalue weighted by Crippen LogP contribution is 2.44. The van der Waals surface area contributed by atoms with E-state index >= 15 is 0 Å². The Labute approximate surface area is 112 Å². The normalized spacial score (nSPS) is 40.2. The second kappa shape index (κ2) is 5.50. The highest BCUT2D eigenvalue weighted by atomic mass is 16.5. The molecule has 1 saturated heterocycles. The van der Waals surface area contributed by atoms with Crippen LogP contribution in [0.2, 0.25) is 0 Å². The molecule has 2 nitrogen and oxygen atoms in total. The van der Waals surface area contributed by atoms with Crippen molar-refractivity contribution in [3.05, 3.63) is 0 Å². The van der Waals surface area contributed by atoms with Crippen molar-refractivity contribution in [3.8, 4) is 0 Å². The zero-order valence-electron chi connectivity index (χ0n) is 11.7. The summed E-state index contributed by atoms with van der Waals surface area (Å²) in [6.07, 6.45) is 16.6. The minimum atomic E-state index is 0.305. The number of hydrogen-bond acceptors (Lipinski definition) is 2. The SMILES string of the molecule is NC1CCCC(CC2CCC3(CCCCC3)O2)C1. The molecule has 3 rings (SSSR count). The summed E-state index contributed by atoms with van der Waals surface area (Å²) in [5.74, 6) is 0.845. The lowest BCUT2D eigenvalue weighted by Crippen LogP contribution is -2.33. The highest BCUT2D eigenvalue weighted by Gasteiger charge is 2.41. The average Bonchev–Trinajstić information content (AvgIpc) is 2.73. The topological polar surface area (TPSA) is 35.2 Å². The summed E-state index contributed by atoms with van der Waals surface area (Å²) < 4.78 is 6.49. The Hall–Kier alpha value is -0.0800. The number of rotatable bonds is 2. The smallest absolute Gasteiger partial charge is 0.0687 e. The maximum Gasteiger partial charge on any atom is 0.0687 e. The van der Waals surface area contributed by atoms with E-state index in [0.29, 0.717) is 17.7 Å². The van der Waals surface area contributed by atoms with Crippen molar-refractivity contribution in [2.24, 2.45) is 11.7 Å². The van der Waals surface area contributed by atoms with Gasteiger partial charge in [0.15, 0.2) is 0 Å². The molecule has 0 bridgehead atoms. The molecule has 0 radical (unpaired) electrons. The Balaban J connectivity index is 1.49. The van der Waals surface area contributed by atoms with E-state index < -0.39 is 0 Å². The van der Waals surface area contributed by atoms with Gasteiger partial charge >= 0.3 is 0 Å². The van der Waals surface area contributed by atoms with Gasteiger partial charge in [-0.05, 0) is 50.9 Å². The molecule has 2 saturated carbocycles. The third-order valence-electron chi connectivity index (χ3n) is 5.52. The number of hydrogen-bond donors (Lipinski definition) is 1. The molecule has 1 heterocycles. The minimum Gasteiger partial charge on any atom is -0.372 e. The molecule has 2 N–H and O–H groups in total. The van der Waals surface area contributed by atoms with E-state index in [9.17, 15) is 0 Å². The van der Waals surface area contributed by atoms with Gasteiger partial charge in [0.1, 0.15) is 0 Å². The van der Waals surface area contributed by atoms with Crippen LogP contribution in [-0.4, -0.2) is 17.7 Å². The van der Waals surface area contributed by atoms with Gasteiger partial charge in [0.05, 0.1) is 11.7 Å². The van der Waals surface area contributed by atoms with Gasteiger partial charge in [0, 0.05) is 6.04 Å². The van der Waals surface area contributed by atoms with Crippen LogP contribution in [0.1, 0.15) is 77.0 Å². The number of ether oxygens (including phenoxy) is 1. The predicted molar refractivity (Wildman–Crippen MR) is 74.5 cm³/mol. The first-order chi connectivity index (χ1) is 8.76. The summed E-state index contributed by atoms with van der Waals surface area (Å²) >= 11 is 0. The lowest BCUT2D eigenvalue weighted by atomic mass is 9.81. The summed E-state index contributed by atoms with van der Waals surface area (Å²) in [7, 11) is 0. The monoisotopic (exact) mass is 251 g/mol. The Bertz CT molecular complexity index is 272. The molecule has 2 heteroatoms. The molecule has 1 spiro atoms. The zero-order chi connectivity index (χ0) is 12.4. The Morgan fingerprint density at radius 2 is 1.78 bits per heavy atom. The van der Waals surface area contributed by atoms with Crippen LogP contribution >= 0.6 is 0 Å². The fourth-order valence-corrected chi connectivity index (χ4v) is 4.54. The van der Waals surface area contributed by atoms with Crippen LogP contribution in [0.25, 0.3) is 0 Å². The summed E-state index contributed by atoms with van der Waals surface area (Å²) in [6, 6.07) is 0.466. The van der Waals surface area contributed by atoms with Crippen LogP contribution in [0, 0.1) is 5.92 Å². The van der Waals surface area contributed by atoms with E-state index in [-0.39, 0.29) is 0 Å².